The first-order chi connectivity index (χ1) is 11.1. The number of amides is 3. The van der Waals surface area contributed by atoms with Crippen LogP contribution in [0.4, 0.5) is 4.79 Å². The molecule has 1 fully saturated rings. The summed E-state index contributed by atoms with van der Waals surface area (Å²) >= 11 is 0. The Morgan fingerprint density at radius 2 is 2.04 bits per heavy atom. The molecule has 23 heavy (non-hydrogen) atoms. The summed E-state index contributed by atoms with van der Waals surface area (Å²) < 4.78 is 5.72. The summed E-state index contributed by atoms with van der Waals surface area (Å²) in [7, 11) is 0. The van der Waals surface area contributed by atoms with Gasteiger partial charge >= 0.3 is 6.03 Å². The van der Waals surface area contributed by atoms with Crippen LogP contribution in [-0.2, 0) is 9.53 Å². The van der Waals surface area contributed by atoms with Gasteiger partial charge in [0.25, 0.3) is 0 Å². The Bertz CT molecular complexity index is 437. The monoisotopic (exact) mass is 325 g/mol. The summed E-state index contributed by atoms with van der Waals surface area (Å²) in [6.07, 6.45) is 7.00. The molecule has 0 radical (unpaired) electrons. The van der Waals surface area contributed by atoms with Gasteiger partial charge in [-0.1, -0.05) is 19.1 Å². The number of carbonyl (C=O) groups excluding carboxylic acids is 2. The molecule has 1 saturated carbocycles. The quantitative estimate of drug-likeness (QED) is 0.510. The van der Waals surface area contributed by atoms with Crippen molar-refractivity contribution < 1.29 is 19.4 Å². The van der Waals surface area contributed by atoms with E-state index in [1.165, 1.54) is 6.42 Å². The van der Waals surface area contributed by atoms with Gasteiger partial charge in [0, 0.05) is 12.6 Å². The SMILES string of the molecule is CCCNC(=O)N[C@@H]1C=C[C@@H](CC(=O)NC2CCC2)O[C@@H]1CO. The number of hydrogen-bond donors (Lipinski definition) is 4. The zero-order valence-corrected chi connectivity index (χ0v) is 13.6. The van der Waals surface area contributed by atoms with Gasteiger partial charge in [0.15, 0.2) is 0 Å². The molecule has 7 heteroatoms. The Hall–Kier alpha value is -1.60. The summed E-state index contributed by atoms with van der Waals surface area (Å²) in [5, 5.41) is 17.9. The van der Waals surface area contributed by atoms with Gasteiger partial charge in [-0.25, -0.2) is 4.79 Å². The predicted molar refractivity (Wildman–Crippen MR) is 85.9 cm³/mol. The largest absolute Gasteiger partial charge is 0.394 e. The molecule has 0 unspecified atom stereocenters. The number of nitrogens with one attached hydrogen (secondary N) is 3. The van der Waals surface area contributed by atoms with Crippen LogP contribution in [-0.4, -0.2) is 54.5 Å². The molecule has 0 bridgehead atoms. The van der Waals surface area contributed by atoms with Gasteiger partial charge in [-0.15, -0.1) is 0 Å². The minimum absolute atomic E-state index is 0.0341. The van der Waals surface area contributed by atoms with Crippen LogP contribution in [0.15, 0.2) is 12.2 Å². The Kier molecular flexibility index (Phi) is 6.85. The van der Waals surface area contributed by atoms with Gasteiger partial charge < -0.3 is 25.8 Å². The highest BCUT2D eigenvalue weighted by Crippen LogP contribution is 2.19. The predicted octanol–water partition coefficient (Wildman–Crippen LogP) is 0.439. The van der Waals surface area contributed by atoms with E-state index < -0.39 is 12.1 Å². The molecular weight excluding hydrogens is 298 g/mol. The molecule has 0 aromatic carbocycles. The van der Waals surface area contributed by atoms with Crippen LogP contribution in [0, 0.1) is 0 Å². The minimum atomic E-state index is -0.547. The second-order valence-corrected chi connectivity index (χ2v) is 6.11. The first kappa shape index (κ1) is 17.7. The van der Waals surface area contributed by atoms with E-state index in [4.69, 9.17) is 4.74 Å². The van der Waals surface area contributed by atoms with Crippen molar-refractivity contribution in [2.75, 3.05) is 13.2 Å². The standard InChI is InChI=1S/C16H27N3O4/c1-2-8-17-16(22)19-13-7-6-12(23-14(13)10-20)9-15(21)18-11-4-3-5-11/h6-7,11-14,20H,2-5,8-10H2,1H3,(H,18,21)(H2,17,19,22)/t12-,13+,14+/m0/s1. The van der Waals surface area contributed by atoms with Crippen LogP contribution in [0.25, 0.3) is 0 Å². The van der Waals surface area contributed by atoms with Crippen molar-refractivity contribution in [1.29, 1.82) is 0 Å². The third-order valence-corrected chi connectivity index (χ3v) is 4.15. The molecule has 0 spiro atoms. The van der Waals surface area contributed by atoms with Crippen LogP contribution in [0.2, 0.25) is 0 Å². The average molecular weight is 325 g/mol. The topological polar surface area (TPSA) is 99.7 Å². The lowest BCUT2D eigenvalue weighted by Crippen LogP contribution is -2.52. The molecule has 0 aromatic rings. The smallest absolute Gasteiger partial charge is 0.315 e. The second kappa shape index (κ2) is 8.88. The number of ether oxygens (including phenoxy) is 1. The molecule has 1 heterocycles. The van der Waals surface area contributed by atoms with Crippen LogP contribution >= 0.6 is 0 Å². The van der Waals surface area contributed by atoms with Crippen molar-refractivity contribution in [2.45, 2.75) is 63.3 Å². The van der Waals surface area contributed by atoms with Crippen LogP contribution in [0.1, 0.15) is 39.0 Å². The zero-order chi connectivity index (χ0) is 16.7. The number of aliphatic hydroxyl groups is 1. The van der Waals surface area contributed by atoms with Crippen molar-refractivity contribution in [1.82, 2.24) is 16.0 Å². The van der Waals surface area contributed by atoms with E-state index in [2.05, 4.69) is 16.0 Å². The molecule has 2 rings (SSSR count). The van der Waals surface area contributed by atoms with E-state index in [1.54, 1.807) is 12.2 Å². The van der Waals surface area contributed by atoms with Crippen LogP contribution in [0.3, 0.4) is 0 Å². The lowest BCUT2D eigenvalue weighted by molar-refractivity contribution is -0.126. The fourth-order valence-corrected chi connectivity index (χ4v) is 2.60. The number of aliphatic hydroxyl groups excluding tert-OH is 1. The van der Waals surface area contributed by atoms with E-state index in [0.29, 0.717) is 12.6 Å². The number of urea groups is 1. The highest BCUT2D eigenvalue weighted by Gasteiger charge is 2.29. The van der Waals surface area contributed by atoms with Crippen molar-refractivity contribution in [3.63, 3.8) is 0 Å². The first-order valence-corrected chi connectivity index (χ1v) is 8.40. The van der Waals surface area contributed by atoms with Crippen molar-refractivity contribution in [3.05, 3.63) is 12.2 Å². The second-order valence-electron chi connectivity index (χ2n) is 6.11. The zero-order valence-electron chi connectivity index (χ0n) is 13.6. The number of carbonyl (C=O) groups is 2. The lowest BCUT2D eigenvalue weighted by Gasteiger charge is -2.32. The molecule has 3 atom stereocenters. The Labute approximate surface area is 136 Å². The Morgan fingerprint density at radius 3 is 2.65 bits per heavy atom. The van der Waals surface area contributed by atoms with Gasteiger partial charge in [0.2, 0.25) is 5.91 Å². The molecule has 0 aromatic heterocycles. The maximum absolute atomic E-state index is 11.9. The van der Waals surface area contributed by atoms with Crippen LogP contribution in [0.5, 0.6) is 0 Å². The number of hydrogen-bond acceptors (Lipinski definition) is 4. The van der Waals surface area contributed by atoms with Crippen molar-refractivity contribution >= 4 is 11.9 Å². The molecule has 4 N–H and O–H groups in total. The van der Waals surface area contributed by atoms with E-state index in [-0.39, 0.29) is 31.1 Å². The van der Waals surface area contributed by atoms with Gasteiger partial charge in [0.05, 0.1) is 25.2 Å². The third kappa shape index (κ3) is 5.51. The molecule has 2 aliphatic rings. The highest BCUT2D eigenvalue weighted by atomic mass is 16.5. The van der Waals surface area contributed by atoms with Gasteiger partial charge in [0.1, 0.15) is 6.10 Å². The van der Waals surface area contributed by atoms with E-state index in [9.17, 15) is 14.7 Å². The van der Waals surface area contributed by atoms with Gasteiger partial charge in [-0.3, -0.25) is 4.79 Å². The minimum Gasteiger partial charge on any atom is -0.394 e. The normalized spacial score (nSPS) is 27.1. The summed E-state index contributed by atoms with van der Waals surface area (Å²) in [5.74, 6) is -0.0341. The molecule has 0 saturated heterocycles. The summed E-state index contributed by atoms with van der Waals surface area (Å²) in [5.41, 5.74) is 0. The molecule has 3 amide bonds. The Balaban J connectivity index is 1.80. The maximum atomic E-state index is 11.9. The van der Waals surface area contributed by atoms with Crippen molar-refractivity contribution in [2.24, 2.45) is 0 Å². The van der Waals surface area contributed by atoms with Crippen molar-refractivity contribution in [3.8, 4) is 0 Å². The summed E-state index contributed by atoms with van der Waals surface area (Å²) in [6, 6.07) is -0.382. The van der Waals surface area contributed by atoms with Crippen LogP contribution < -0.4 is 16.0 Å². The summed E-state index contributed by atoms with van der Waals surface area (Å²) in [4.78, 5) is 23.6. The van der Waals surface area contributed by atoms with E-state index >= 15 is 0 Å². The fourth-order valence-electron chi connectivity index (χ4n) is 2.60. The molecule has 1 aliphatic carbocycles. The molecule has 7 nitrogen and oxygen atoms in total. The average Bonchev–Trinajstić information content (AvgIpc) is 2.50. The van der Waals surface area contributed by atoms with Gasteiger partial charge in [-0.2, -0.15) is 0 Å². The Morgan fingerprint density at radius 1 is 1.26 bits per heavy atom. The summed E-state index contributed by atoms with van der Waals surface area (Å²) in [6.45, 7) is 2.35. The maximum Gasteiger partial charge on any atom is 0.315 e. The molecule has 1 aliphatic heterocycles. The lowest BCUT2D eigenvalue weighted by atomic mass is 9.93. The fraction of sp³-hybridized carbons (Fsp3) is 0.750. The highest BCUT2D eigenvalue weighted by molar-refractivity contribution is 5.77. The van der Waals surface area contributed by atoms with E-state index in [0.717, 1.165) is 19.3 Å². The third-order valence-electron chi connectivity index (χ3n) is 4.15. The van der Waals surface area contributed by atoms with Gasteiger partial charge in [-0.05, 0) is 25.7 Å². The molecular formula is C16H27N3O4. The first-order valence-electron chi connectivity index (χ1n) is 8.40. The number of rotatable bonds is 7. The molecule has 130 valence electrons. The van der Waals surface area contributed by atoms with E-state index in [1.807, 2.05) is 6.92 Å².